The van der Waals surface area contributed by atoms with Crippen molar-refractivity contribution in [2.75, 3.05) is 0 Å². The Morgan fingerprint density at radius 1 is 0.967 bits per heavy atom. The number of ketones is 2. The van der Waals surface area contributed by atoms with Gasteiger partial charge in [-0.1, -0.05) is 31.9 Å². The van der Waals surface area contributed by atoms with E-state index < -0.39 is 0 Å². The fourth-order valence-corrected chi connectivity index (χ4v) is 7.95. The van der Waals surface area contributed by atoms with Gasteiger partial charge in [-0.3, -0.25) is 9.59 Å². The van der Waals surface area contributed by atoms with Crippen LogP contribution in [0.3, 0.4) is 0 Å². The molecule has 2 heteroatoms. The molecule has 2 nitrogen and oxygen atoms in total. The summed E-state index contributed by atoms with van der Waals surface area (Å²) < 4.78 is 0. The van der Waals surface area contributed by atoms with Crippen molar-refractivity contribution in [2.45, 2.75) is 85.5 Å². The molecule has 0 bridgehead atoms. The summed E-state index contributed by atoms with van der Waals surface area (Å²) in [6.45, 7) is 21.2. The molecule has 0 N–H and O–H groups in total. The van der Waals surface area contributed by atoms with Gasteiger partial charge in [0.05, 0.1) is 0 Å². The Labute approximate surface area is 189 Å². The molecule has 0 amide bonds. The van der Waals surface area contributed by atoms with E-state index in [2.05, 4.69) is 54.0 Å². The highest BCUT2D eigenvalue weighted by Crippen LogP contribution is 2.71. The van der Waals surface area contributed by atoms with E-state index in [1.807, 2.05) is 12.2 Å². The third-order valence-corrected chi connectivity index (χ3v) is 9.39. The van der Waals surface area contributed by atoms with Crippen molar-refractivity contribution < 1.29 is 13.9 Å². The van der Waals surface area contributed by atoms with Crippen LogP contribution in [0.15, 0.2) is 49.6 Å². The molecule has 0 radical (unpaired) electrons. The Bertz CT molecular complexity index is 756. The first-order chi connectivity index (χ1) is 14.3. The van der Waals surface area contributed by atoms with Gasteiger partial charge < -0.3 is 0 Å². The molecule has 0 aliphatic heterocycles. The molecule has 3 fully saturated rings. The van der Waals surface area contributed by atoms with Gasteiger partial charge >= 0.3 is 0 Å². The number of fused-ring (bicyclic) bond motifs is 5. The normalized spacial score (nSPS) is 39.5. The van der Waals surface area contributed by atoms with Gasteiger partial charge in [-0.2, -0.15) is 0 Å². The first-order valence-electron chi connectivity index (χ1n) is 11.8. The van der Waals surface area contributed by atoms with Crippen LogP contribution in [-0.4, -0.2) is 11.6 Å². The molecule has 4 aliphatic rings. The van der Waals surface area contributed by atoms with E-state index in [1.54, 1.807) is 0 Å². The van der Waals surface area contributed by atoms with Crippen LogP contribution in [0.1, 0.15) is 89.8 Å². The predicted octanol–water partition coefficient (Wildman–Crippen LogP) is 8.16. The molecule has 0 heterocycles. The van der Waals surface area contributed by atoms with Crippen LogP contribution in [0.25, 0.3) is 0 Å². The minimum Gasteiger partial charge on any atom is -0.299 e. The summed E-state index contributed by atoms with van der Waals surface area (Å²) in [5.41, 5.74) is 2.83. The lowest BCUT2D eigenvalue weighted by Crippen LogP contribution is -2.61. The Hall–Kier alpha value is -1.70. The molecule has 0 spiro atoms. The molecule has 4 rings (SSSR count). The maximum absolute atomic E-state index is 13.1. The molecule has 0 saturated heterocycles. The van der Waals surface area contributed by atoms with E-state index in [9.17, 15) is 9.59 Å². The first-order valence-corrected chi connectivity index (χ1v) is 11.8. The summed E-state index contributed by atoms with van der Waals surface area (Å²) in [6.07, 6.45) is 13.5. The molecule has 3 saturated carbocycles. The molecule has 0 aromatic rings. The highest BCUT2D eigenvalue weighted by Gasteiger charge is 2.65. The number of hydrogen-bond donors (Lipinski definition) is 0. The van der Waals surface area contributed by atoms with Crippen LogP contribution in [0.2, 0.25) is 0 Å². The van der Waals surface area contributed by atoms with Crippen molar-refractivity contribution >= 4 is 11.6 Å². The van der Waals surface area contributed by atoms with Crippen molar-refractivity contribution in [1.29, 1.82) is 0 Å². The fourth-order valence-electron chi connectivity index (χ4n) is 7.95. The summed E-state index contributed by atoms with van der Waals surface area (Å²) in [4.78, 5) is 25.3. The van der Waals surface area contributed by atoms with Gasteiger partial charge in [-0.05, 0) is 87.7 Å². The van der Waals surface area contributed by atoms with E-state index in [-0.39, 0.29) is 26.3 Å². The average molecular weight is 417 g/mol. The third kappa shape index (κ3) is 3.22. The summed E-state index contributed by atoms with van der Waals surface area (Å²) in [7, 11) is 0. The van der Waals surface area contributed by atoms with Crippen molar-refractivity contribution in [3.8, 4) is 0 Å². The molecule has 0 aromatic carbocycles. The van der Waals surface area contributed by atoms with Crippen molar-refractivity contribution in [1.82, 2.24) is 0 Å². The second kappa shape index (κ2) is 9.20. The Kier molecular flexibility index (Phi) is 7.54. The van der Waals surface area contributed by atoms with Crippen LogP contribution in [0, 0.1) is 28.1 Å². The highest BCUT2D eigenvalue weighted by molar-refractivity contribution is 6.02. The number of allylic oxidation sites excluding steroid dienone is 4. The second-order valence-corrected chi connectivity index (χ2v) is 9.66. The smallest absolute Gasteiger partial charge is 0.178 e. The maximum atomic E-state index is 13.1. The fraction of sp³-hybridized carbons (Fsp3) is 0.643. The van der Waals surface area contributed by atoms with Crippen molar-refractivity contribution in [3.05, 3.63) is 49.6 Å². The van der Waals surface area contributed by atoms with Gasteiger partial charge in [-0.25, -0.2) is 0 Å². The van der Waals surface area contributed by atoms with E-state index >= 15 is 0 Å². The molecular formula is C28H48O2. The zero-order valence-electron chi connectivity index (χ0n) is 19.8. The lowest BCUT2D eigenvalue weighted by Gasteiger charge is -2.66. The molecule has 2 unspecified atom stereocenters. The summed E-state index contributed by atoms with van der Waals surface area (Å²) in [6, 6.07) is 0. The molecule has 5 atom stereocenters. The SMILES string of the molecule is C=C.C=C.CC[C@]12CCC3[C@@]4(C)C(C)=CC(=O)C=C4CC[C@@]3(CC)C1CCCC2=O.[HH].[HH].[HH]. The van der Waals surface area contributed by atoms with Crippen molar-refractivity contribution in [3.63, 3.8) is 0 Å². The van der Waals surface area contributed by atoms with Crippen molar-refractivity contribution in [2.24, 2.45) is 28.1 Å². The van der Waals surface area contributed by atoms with Gasteiger partial charge in [0, 0.05) is 21.5 Å². The number of carbonyl (C=O) groups is 2. The van der Waals surface area contributed by atoms with Gasteiger partial charge in [0.1, 0.15) is 5.78 Å². The summed E-state index contributed by atoms with van der Waals surface area (Å²) >= 11 is 0. The summed E-state index contributed by atoms with van der Waals surface area (Å²) in [5, 5.41) is 0. The van der Waals surface area contributed by atoms with E-state index in [1.165, 1.54) is 24.0 Å². The maximum Gasteiger partial charge on any atom is 0.178 e. The third-order valence-electron chi connectivity index (χ3n) is 9.39. The zero-order valence-corrected chi connectivity index (χ0v) is 19.8. The number of Topliss-reactive ketones (excluding diaryl/α,β-unsaturated/α-hetero) is 1. The van der Waals surface area contributed by atoms with Gasteiger partial charge in [0.25, 0.3) is 0 Å². The Morgan fingerprint density at radius 2 is 1.63 bits per heavy atom. The second-order valence-electron chi connectivity index (χ2n) is 9.66. The monoisotopic (exact) mass is 416 g/mol. The standard InChI is InChI=1S/C24H34O2.2C2H4.3H2/c1-5-23-12-10-17-15-18(25)14-16(3)22(17,4)19(23)11-13-24(6-2)20(23)8-7-9-21(24)26;2*1-2;;;/h14-15,19-20H,5-13H2,1-4H3;2*1-2H2;3*1H/t19?,20?,22-,23+,24-;;;;;/m0...../s1. The largest absolute Gasteiger partial charge is 0.299 e. The molecular weight excluding hydrogens is 368 g/mol. The van der Waals surface area contributed by atoms with Crippen LogP contribution < -0.4 is 0 Å². The lowest BCUT2D eigenvalue weighted by atomic mass is 9.37. The van der Waals surface area contributed by atoms with E-state index in [0.717, 1.165) is 44.9 Å². The van der Waals surface area contributed by atoms with Crippen LogP contribution >= 0.6 is 0 Å². The van der Waals surface area contributed by atoms with E-state index in [4.69, 9.17) is 0 Å². The minimum atomic E-state index is -0.0650. The van der Waals surface area contributed by atoms with Gasteiger partial charge in [-0.15, -0.1) is 26.3 Å². The molecule has 30 heavy (non-hydrogen) atoms. The lowest BCUT2D eigenvalue weighted by molar-refractivity contribution is -0.167. The Balaban J connectivity index is 0. The predicted molar refractivity (Wildman–Crippen MR) is 134 cm³/mol. The topological polar surface area (TPSA) is 34.1 Å². The Morgan fingerprint density at radius 3 is 2.23 bits per heavy atom. The number of rotatable bonds is 2. The van der Waals surface area contributed by atoms with Crippen LogP contribution in [0.5, 0.6) is 0 Å². The number of hydrogen-bond acceptors (Lipinski definition) is 2. The van der Waals surface area contributed by atoms with Crippen LogP contribution in [0.4, 0.5) is 0 Å². The van der Waals surface area contributed by atoms with Gasteiger partial charge in [0.2, 0.25) is 0 Å². The first kappa shape index (κ1) is 24.6. The highest BCUT2D eigenvalue weighted by atomic mass is 16.1. The quantitative estimate of drug-likeness (QED) is 0.425. The molecule has 4 aliphatic carbocycles. The van der Waals surface area contributed by atoms with E-state index in [0.29, 0.717) is 17.6 Å². The average Bonchev–Trinajstić information content (AvgIpc) is 2.77. The van der Waals surface area contributed by atoms with Crippen LogP contribution in [-0.2, 0) is 9.59 Å². The zero-order chi connectivity index (χ0) is 22.7. The number of carbonyl (C=O) groups excluding carboxylic acids is 2. The molecule has 172 valence electrons. The molecule has 0 aromatic heterocycles. The van der Waals surface area contributed by atoms with Gasteiger partial charge in [0.15, 0.2) is 5.78 Å². The summed E-state index contributed by atoms with van der Waals surface area (Å²) in [5.74, 6) is 1.83. The minimum absolute atomic E-state index is 0.